The lowest BCUT2D eigenvalue weighted by Crippen LogP contribution is -2.12. The predicted octanol–water partition coefficient (Wildman–Crippen LogP) is 0.663. The Hall–Kier alpha value is -1.36. The molecule has 15 heavy (non-hydrogen) atoms. The molecule has 0 spiro atoms. The van der Waals surface area contributed by atoms with Crippen LogP contribution in [0.3, 0.4) is 0 Å². The van der Waals surface area contributed by atoms with Gasteiger partial charge in [-0.25, -0.2) is 4.79 Å². The minimum absolute atomic E-state index is 0.284. The van der Waals surface area contributed by atoms with Crippen molar-refractivity contribution in [3.8, 4) is 0 Å². The monoisotopic (exact) mass is 209 g/mol. The maximum atomic E-state index is 11.6. The van der Waals surface area contributed by atoms with E-state index in [2.05, 4.69) is 15.5 Å². The molecule has 1 saturated heterocycles. The Labute approximate surface area is 88.2 Å². The van der Waals surface area contributed by atoms with Gasteiger partial charge in [-0.3, -0.25) is 5.10 Å². The topological polar surface area (TPSA) is 67.0 Å². The second kappa shape index (κ2) is 4.44. The third-order valence-corrected chi connectivity index (χ3v) is 2.63. The molecule has 1 fully saturated rings. The van der Waals surface area contributed by atoms with Gasteiger partial charge in [-0.2, -0.15) is 5.10 Å². The fourth-order valence-electron chi connectivity index (χ4n) is 1.88. The molecule has 1 aliphatic rings. The van der Waals surface area contributed by atoms with Crippen molar-refractivity contribution < 1.29 is 9.53 Å². The Balaban J connectivity index is 2.17. The molecule has 2 rings (SSSR count). The number of carbonyl (C=O) groups is 1. The number of esters is 1. The molecule has 0 unspecified atom stereocenters. The molecule has 0 radical (unpaired) electrons. The molecular formula is C10H15N3O2. The number of H-pyrrole nitrogens is 1. The summed E-state index contributed by atoms with van der Waals surface area (Å²) in [6.45, 7) is 4.09. The van der Waals surface area contributed by atoms with Crippen molar-refractivity contribution >= 4 is 5.97 Å². The number of carbonyl (C=O) groups excluding carboxylic acids is 1. The summed E-state index contributed by atoms with van der Waals surface area (Å²) in [6, 6.07) is 0. The fraction of sp³-hybridized carbons (Fsp3) is 0.600. The van der Waals surface area contributed by atoms with Crippen molar-refractivity contribution in [2.75, 3.05) is 19.7 Å². The maximum absolute atomic E-state index is 11.6. The Morgan fingerprint density at radius 2 is 2.60 bits per heavy atom. The molecule has 1 aliphatic heterocycles. The smallest absolute Gasteiger partial charge is 0.341 e. The number of rotatable bonds is 3. The molecule has 2 heterocycles. The van der Waals surface area contributed by atoms with Crippen LogP contribution in [-0.2, 0) is 4.74 Å². The molecule has 1 aromatic rings. The van der Waals surface area contributed by atoms with Gasteiger partial charge in [0.25, 0.3) is 0 Å². The number of aromatic amines is 1. The summed E-state index contributed by atoms with van der Waals surface area (Å²) in [5.41, 5.74) is 1.48. The molecule has 0 aliphatic carbocycles. The molecule has 82 valence electrons. The normalized spacial score (nSPS) is 20.5. The first kappa shape index (κ1) is 10.2. The highest BCUT2D eigenvalue weighted by Crippen LogP contribution is 2.23. The lowest BCUT2D eigenvalue weighted by Gasteiger charge is -2.07. The summed E-state index contributed by atoms with van der Waals surface area (Å²) in [4.78, 5) is 11.6. The van der Waals surface area contributed by atoms with Gasteiger partial charge in [0.2, 0.25) is 0 Å². The maximum Gasteiger partial charge on any atom is 0.341 e. The average molecular weight is 209 g/mol. The Bertz CT molecular complexity index is 342. The van der Waals surface area contributed by atoms with Gasteiger partial charge in [0.05, 0.1) is 18.5 Å². The first-order valence-corrected chi connectivity index (χ1v) is 5.24. The van der Waals surface area contributed by atoms with Crippen molar-refractivity contribution in [2.45, 2.75) is 19.3 Å². The van der Waals surface area contributed by atoms with E-state index in [4.69, 9.17) is 4.74 Å². The van der Waals surface area contributed by atoms with Crippen LogP contribution in [0.4, 0.5) is 0 Å². The molecule has 1 atom stereocenters. The Morgan fingerprint density at radius 3 is 3.27 bits per heavy atom. The van der Waals surface area contributed by atoms with Crippen molar-refractivity contribution in [2.24, 2.45) is 0 Å². The zero-order valence-electron chi connectivity index (χ0n) is 8.75. The third kappa shape index (κ3) is 2.02. The van der Waals surface area contributed by atoms with E-state index in [1.165, 1.54) is 0 Å². The number of nitrogens with one attached hydrogen (secondary N) is 2. The predicted molar refractivity (Wildman–Crippen MR) is 54.8 cm³/mol. The van der Waals surface area contributed by atoms with Gasteiger partial charge in [-0.1, -0.05) is 0 Å². The number of nitrogens with zero attached hydrogens (tertiary/aromatic N) is 1. The van der Waals surface area contributed by atoms with Crippen LogP contribution in [-0.4, -0.2) is 35.9 Å². The molecule has 2 N–H and O–H groups in total. The second-order valence-corrected chi connectivity index (χ2v) is 3.61. The van der Waals surface area contributed by atoms with Gasteiger partial charge in [0.15, 0.2) is 0 Å². The van der Waals surface area contributed by atoms with E-state index in [9.17, 15) is 4.79 Å². The highest BCUT2D eigenvalue weighted by molar-refractivity contribution is 5.90. The van der Waals surface area contributed by atoms with Gasteiger partial charge in [-0.05, 0) is 19.9 Å². The number of hydrogen-bond acceptors (Lipinski definition) is 4. The first-order chi connectivity index (χ1) is 7.33. The lowest BCUT2D eigenvalue weighted by molar-refractivity contribution is 0.0524. The summed E-state index contributed by atoms with van der Waals surface area (Å²) >= 11 is 0. The van der Waals surface area contributed by atoms with Gasteiger partial charge >= 0.3 is 5.97 Å². The molecule has 5 nitrogen and oxygen atoms in total. The van der Waals surface area contributed by atoms with E-state index in [1.807, 2.05) is 0 Å². The van der Waals surface area contributed by atoms with Crippen LogP contribution in [0.5, 0.6) is 0 Å². The molecule has 5 heteroatoms. The van der Waals surface area contributed by atoms with Crippen LogP contribution < -0.4 is 5.32 Å². The summed E-state index contributed by atoms with van der Waals surface area (Å²) < 4.78 is 4.97. The summed E-state index contributed by atoms with van der Waals surface area (Å²) in [7, 11) is 0. The van der Waals surface area contributed by atoms with Crippen LogP contribution in [0.2, 0.25) is 0 Å². The lowest BCUT2D eigenvalue weighted by atomic mass is 10.0. The van der Waals surface area contributed by atoms with Gasteiger partial charge in [-0.15, -0.1) is 0 Å². The van der Waals surface area contributed by atoms with Crippen LogP contribution in [0, 0.1) is 0 Å². The largest absolute Gasteiger partial charge is 0.462 e. The molecule has 1 aromatic heterocycles. The van der Waals surface area contributed by atoms with Gasteiger partial charge in [0, 0.05) is 12.5 Å². The first-order valence-electron chi connectivity index (χ1n) is 5.24. The quantitative estimate of drug-likeness (QED) is 0.718. The molecule has 0 saturated carbocycles. The van der Waals surface area contributed by atoms with E-state index >= 15 is 0 Å². The summed E-state index contributed by atoms with van der Waals surface area (Å²) in [5.74, 6) is 0.0695. The van der Waals surface area contributed by atoms with E-state index in [1.54, 1.807) is 13.1 Å². The van der Waals surface area contributed by atoms with E-state index in [-0.39, 0.29) is 5.97 Å². The Morgan fingerprint density at radius 1 is 1.73 bits per heavy atom. The minimum atomic E-state index is -0.284. The molecule has 0 amide bonds. The summed E-state index contributed by atoms with van der Waals surface area (Å²) in [5, 5.41) is 10.1. The molecule has 0 aromatic carbocycles. The van der Waals surface area contributed by atoms with Crippen LogP contribution in [0.25, 0.3) is 0 Å². The molecule has 0 bridgehead atoms. The SMILES string of the molecule is CCOC(=O)c1cn[nH]c1[C@H]1CCNC1. The van der Waals surface area contributed by atoms with Crippen molar-refractivity contribution in [1.82, 2.24) is 15.5 Å². The highest BCUT2D eigenvalue weighted by Gasteiger charge is 2.24. The third-order valence-electron chi connectivity index (χ3n) is 2.63. The second-order valence-electron chi connectivity index (χ2n) is 3.61. The minimum Gasteiger partial charge on any atom is -0.462 e. The Kier molecular flexibility index (Phi) is 3.01. The van der Waals surface area contributed by atoms with Gasteiger partial charge in [0.1, 0.15) is 5.56 Å². The standard InChI is InChI=1S/C10H15N3O2/c1-2-15-10(14)8-6-12-13-9(8)7-3-4-11-5-7/h6-7,11H,2-5H2,1H3,(H,12,13)/t7-/m0/s1. The van der Waals surface area contributed by atoms with Gasteiger partial charge < -0.3 is 10.1 Å². The summed E-state index contributed by atoms with van der Waals surface area (Å²) in [6.07, 6.45) is 2.58. The van der Waals surface area contributed by atoms with Crippen molar-refractivity contribution in [3.05, 3.63) is 17.5 Å². The fourth-order valence-corrected chi connectivity index (χ4v) is 1.88. The van der Waals surface area contributed by atoms with Crippen LogP contribution >= 0.6 is 0 Å². The van der Waals surface area contributed by atoms with Crippen molar-refractivity contribution in [3.63, 3.8) is 0 Å². The zero-order valence-corrected chi connectivity index (χ0v) is 8.75. The van der Waals surface area contributed by atoms with Crippen LogP contribution in [0.15, 0.2) is 6.20 Å². The van der Waals surface area contributed by atoms with E-state index in [0.29, 0.717) is 18.1 Å². The number of ether oxygens (including phenoxy) is 1. The highest BCUT2D eigenvalue weighted by atomic mass is 16.5. The average Bonchev–Trinajstić information content (AvgIpc) is 2.88. The molecular weight excluding hydrogens is 194 g/mol. The van der Waals surface area contributed by atoms with Crippen LogP contribution in [0.1, 0.15) is 35.3 Å². The van der Waals surface area contributed by atoms with Crippen molar-refractivity contribution in [1.29, 1.82) is 0 Å². The van der Waals surface area contributed by atoms with E-state index < -0.39 is 0 Å². The van der Waals surface area contributed by atoms with E-state index in [0.717, 1.165) is 25.2 Å². The zero-order chi connectivity index (χ0) is 10.7. The number of aromatic nitrogens is 2. The number of hydrogen-bond donors (Lipinski definition) is 2.